The highest BCUT2D eigenvalue weighted by Crippen LogP contribution is 2.44. The minimum atomic E-state index is -1.66. The number of hydrogen-bond acceptors (Lipinski definition) is 5. The van der Waals surface area contributed by atoms with Crippen molar-refractivity contribution in [2.45, 2.75) is 49.7 Å². The first-order chi connectivity index (χ1) is 15.9. The Morgan fingerprint density at radius 1 is 1.00 bits per heavy atom. The Kier molecular flexibility index (Phi) is 6.65. The molecular formula is C25H28N2O6. The van der Waals surface area contributed by atoms with E-state index in [1.165, 1.54) is 0 Å². The molecule has 0 saturated heterocycles. The summed E-state index contributed by atoms with van der Waals surface area (Å²) >= 11 is 0. The predicted octanol–water partition coefficient (Wildman–Crippen LogP) is 2.79. The molecule has 0 aliphatic heterocycles. The molecule has 174 valence electrons. The highest BCUT2D eigenvalue weighted by atomic mass is 16.5. The second-order valence-electron chi connectivity index (χ2n) is 8.77. The van der Waals surface area contributed by atoms with Gasteiger partial charge in [0.05, 0.1) is 12.1 Å². The van der Waals surface area contributed by atoms with Gasteiger partial charge in [0, 0.05) is 12.3 Å². The first kappa shape index (κ1) is 22.8. The van der Waals surface area contributed by atoms with Crippen LogP contribution in [0, 0.1) is 0 Å². The zero-order valence-corrected chi connectivity index (χ0v) is 18.3. The van der Waals surface area contributed by atoms with Gasteiger partial charge < -0.3 is 25.6 Å². The van der Waals surface area contributed by atoms with E-state index in [-0.39, 0.29) is 25.5 Å². The molecule has 2 aromatic carbocycles. The summed E-state index contributed by atoms with van der Waals surface area (Å²) in [6.45, 7) is -0.192. The minimum Gasteiger partial charge on any atom is -0.479 e. The van der Waals surface area contributed by atoms with Crippen molar-refractivity contribution >= 4 is 18.0 Å². The van der Waals surface area contributed by atoms with Crippen LogP contribution in [0.1, 0.15) is 49.1 Å². The molecule has 8 heteroatoms. The average Bonchev–Trinajstić information content (AvgIpc) is 3.38. The largest absolute Gasteiger partial charge is 0.479 e. The van der Waals surface area contributed by atoms with E-state index in [9.17, 15) is 19.5 Å². The Morgan fingerprint density at radius 2 is 1.58 bits per heavy atom. The maximum atomic E-state index is 12.7. The lowest BCUT2D eigenvalue weighted by atomic mass is 9.93. The standard InChI is InChI=1S/C25H28N2O6/c28-21(23(30)31)14-26-22(29)13-25(11-5-6-12-25)27-24(32)33-15-20-18-9-3-1-7-16(18)17-8-2-4-10-19(17)20/h1-4,7-10,20-21,28H,5-6,11-15H2,(H,26,29)(H,27,32)(H,30,31). The summed E-state index contributed by atoms with van der Waals surface area (Å²) in [4.78, 5) is 35.8. The topological polar surface area (TPSA) is 125 Å². The van der Waals surface area contributed by atoms with E-state index in [0.717, 1.165) is 35.1 Å². The smallest absolute Gasteiger partial charge is 0.407 e. The fraction of sp³-hybridized carbons (Fsp3) is 0.400. The van der Waals surface area contributed by atoms with Gasteiger partial charge in [-0.2, -0.15) is 0 Å². The number of aliphatic hydroxyl groups is 1. The summed E-state index contributed by atoms with van der Waals surface area (Å²) in [5, 5.41) is 23.4. The Labute approximate surface area is 192 Å². The lowest BCUT2D eigenvalue weighted by Crippen LogP contribution is -2.50. The van der Waals surface area contributed by atoms with Gasteiger partial charge in [-0.05, 0) is 35.1 Å². The maximum Gasteiger partial charge on any atom is 0.407 e. The number of aliphatic hydroxyl groups excluding tert-OH is 1. The summed E-state index contributed by atoms with van der Waals surface area (Å²) in [5.74, 6) is -1.87. The second kappa shape index (κ2) is 9.62. The molecule has 2 aliphatic carbocycles. The van der Waals surface area contributed by atoms with Crippen LogP contribution in [0.25, 0.3) is 11.1 Å². The number of carboxylic acids is 1. The van der Waals surface area contributed by atoms with Crippen molar-refractivity contribution in [3.63, 3.8) is 0 Å². The Balaban J connectivity index is 1.37. The summed E-state index contributed by atoms with van der Waals surface area (Å²) in [6.07, 6.45) is 0.770. The first-order valence-corrected chi connectivity index (χ1v) is 11.2. The molecule has 0 heterocycles. The summed E-state index contributed by atoms with van der Waals surface area (Å²) in [7, 11) is 0. The van der Waals surface area contributed by atoms with Crippen molar-refractivity contribution in [1.82, 2.24) is 10.6 Å². The lowest BCUT2D eigenvalue weighted by Gasteiger charge is -2.29. The van der Waals surface area contributed by atoms with E-state index in [2.05, 4.69) is 34.9 Å². The molecule has 1 saturated carbocycles. The van der Waals surface area contributed by atoms with E-state index in [0.29, 0.717) is 12.8 Å². The number of rotatable bonds is 8. The van der Waals surface area contributed by atoms with Crippen molar-refractivity contribution in [2.24, 2.45) is 0 Å². The van der Waals surface area contributed by atoms with Gasteiger partial charge in [0.25, 0.3) is 0 Å². The number of fused-ring (bicyclic) bond motifs is 3. The van der Waals surface area contributed by atoms with E-state index in [1.54, 1.807) is 0 Å². The number of carbonyl (C=O) groups is 3. The number of hydrogen-bond donors (Lipinski definition) is 4. The molecular weight excluding hydrogens is 424 g/mol. The Hall–Kier alpha value is -3.39. The van der Waals surface area contributed by atoms with Gasteiger partial charge in [-0.15, -0.1) is 0 Å². The molecule has 2 aromatic rings. The predicted molar refractivity (Wildman–Crippen MR) is 121 cm³/mol. The SMILES string of the molecule is O=C(CC1(NC(=O)OCC2c3ccccc3-c3ccccc32)CCCC1)NCC(O)C(=O)O. The van der Waals surface area contributed by atoms with Gasteiger partial charge in [-0.1, -0.05) is 61.4 Å². The number of amides is 2. The minimum absolute atomic E-state index is 0.00351. The zero-order chi connectivity index (χ0) is 23.4. The second-order valence-corrected chi connectivity index (χ2v) is 8.77. The van der Waals surface area contributed by atoms with Crippen LogP contribution in [0.3, 0.4) is 0 Å². The van der Waals surface area contributed by atoms with Crippen LogP contribution in [0.2, 0.25) is 0 Å². The summed E-state index contributed by atoms with van der Waals surface area (Å²) in [5.41, 5.74) is 3.81. The molecule has 4 rings (SSSR count). The van der Waals surface area contributed by atoms with E-state index in [1.807, 2.05) is 24.3 Å². The molecule has 1 unspecified atom stereocenters. The Morgan fingerprint density at radius 3 is 2.15 bits per heavy atom. The van der Waals surface area contributed by atoms with E-state index < -0.39 is 29.6 Å². The van der Waals surface area contributed by atoms with Gasteiger partial charge in [0.15, 0.2) is 6.10 Å². The van der Waals surface area contributed by atoms with Gasteiger partial charge in [0.2, 0.25) is 5.91 Å². The lowest BCUT2D eigenvalue weighted by molar-refractivity contribution is -0.146. The molecule has 2 amide bonds. The molecule has 33 heavy (non-hydrogen) atoms. The number of benzene rings is 2. The fourth-order valence-corrected chi connectivity index (χ4v) is 4.92. The maximum absolute atomic E-state index is 12.7. The van der Waals surface area contributed by atoms with Gasteiger partial charge >= 0.3 is 12.1 Å². The fourth-order valence-electron chi connectivity index (χ4n) is 4.92. The number of carboxylic acid groups (broad SMARTS) is 1. The van der Waals surface area contributed by atoms with E-state index >= 15 is 0 Å². The summed E-state index contributed by atoms with van der Waals surface area (Å²) < 4.78 is 5.64. The molecule has 0 aromatic heterocycles. The average molecular weight is 453 g/mol. The molecule has 4 N–H and O–H groups in total. The molecule has 2 aliphatic rings. The van der Waals surface area contributed by atoms with Crippen LogP contribution in [-0.4, -0.2) is 53.0 Å². The molecule has 0 radical (unpaired) electrons. The van der Waals surface area contributed by atoms with Crippen LogP contribution in [-0.2, 0) is 14.3 Å². The molecule has 0 spiro atoms. The normalized spacial score (nSPS) is 17.0. The third-order valence-corrected chi connectivity index (χ3v) is 6.55. The number of ether oxygens (including phenoxy) is 1. The highest BCUT2D eigenvalue weighted by molar-refractivity contribution is 5.81. The van der Waals surface area contributed by atoms with E-state index in [4.69, 9.17) is 9.84 Å². The third-order valence-electron chi connectivity index (χ3n) is 6.55. The highest BCUT2D eigenvalue weighted by Gasteiger charge is 2.38. The molecule has 8 nitrogen and oxygen atoms in total. The van der Waals surface area contributed by atoms with Gasteiger partial charge in [-0.25, -0.2) is 9.59 Å². The number of carbonyl (C=O) groups excluding carboxylic acids is 2. The van der Waals surface area contributed by atoms with Crippen LogP contribution >= 0.6 is 0 Å². The van der Waals surface area contributed by atoms with Crippen LogP contribution < -0.4 is 10.6 Å². The molecule has 0 bridgehead atoms. The Bertz CT molecular complexity index is 1000. The molecule has 1 atom stereocenters. The van der Waals surface area contributed by atoms with Gasteiger partial charge in [-0.3, -0.25) is 4.79 Å². The van der Waals surface area contributed by atoms with Crippen molar-refractivity contribution in [3.8, 4) is 11.1 Å². The summed E-state index contributed by atoms with van der Waals surface area (Å²) in [6, 6.07) is 16.2. The zero-order valence-electron chi connectivity index (χ0n) is 18.3. The first-order valence-electron chi connectivity index (χ1n) is 11.2. The van der Waals surface area contributed by atoms with Gasteiger partial charge in [0.1, 0.15) is 6.61 Å². The number of alkyl carbamates (subject to hydrolysis) is 1. The monoisotopic (exact) mass is 452 g/mol. The van der Waals surface area contributed by atoms with Crippen LogP contribution in [0.5, 0.6) is 0 Å². The third kappa shape index (κ3) is 5.01. The van der Waals surface area contributed by atoms with Crippen molar-refractivity contribution in [1.29, 1.82) is 0 Å². The van der Waals surface area contributed by atoms with Crippen molar-refractivity contribution in [3.05, 3.63) is 59.7 Å². The van der Waals surface area contributed by atoms with Crippen LogP contribution in [0.4, 0.5) is 4.79 Å². The van der Waals surface area contributed by atoms with Crippen LogP contribution in [0.15, 0.2) is 48.5 Å². The number of nitrogens with one attached hydrogen (secondary N) is 2. The molecule has 1 fully saturated rings. The number of aliphatic carboxylic acids is 1. The van der Waals surface area contributed by atoms with Crippen molar-refractivity contribution < 1.29 is 29.3 Å². The van der Waals surface area contributed by atoms with Crippen molar-refractivity contribution in [2.75, 3.05) is 13.2 Å². The quantitative estimate of drug-likeness (QED) is 0.488.